The molecular weight excluding hydrogens is 276 g/mol. The molecule has 0 aliphatic carbocycles. The summed E-state index contributed by atoms with van der Waals surface area (Å²) in [5, 5.41) is 12.7. The van der Waals surface area contributed by atoms with E-state index >= 15 is 0 Å². The highest BCUT2D eigenvalue weighted by Gasteiger charge is 2.20. The van der Waals surface area contributed by atoms with E-state index in [2.05, 4.69) is 42.0 Å². The molecule has 2 heterocycles. The van der Waals surface area contributed by atoms with Crippen LogP contribution in [0.15, 0.2) is 12.1 Å². The van der Waals surface area contributed by atoms with Gasteiger partial charge in [-0.15, -0.1) is 0 Å². The molecule has 1 fully saturated rings. The van der Waals surface area contributed by atoms with Crippen LogP contribution in [0.1, 0.15) is 44.4 Å². The smallest absolute Gasteiger partial charge is 0.144 e. The van der Waals surface area contributed by atoms with Crippen molar-refractivity contribution < 1.29 is 4.74 Å². The molecule has 0 amide bonds. The second-order valence-corrected chi connectivity index (χ2v) is 5.99. The Morgan fingerprint density at radius 2 is 2.09 bits per heavy atom. The Hall–Kier alpha value is -1.64. The van der Waals surface area contributed by atoms with Gasteiger partial charge in [0, 0.05) is 31.4 Å². The number of ether oxygens (including phenoxy) is 1. The number of nitrogens with one attached hydrogen (secondary N) is 1. The molecular formula is C17H26N4O. The van der Waals surface area contributed by atoms with Gasteiger partial charge in [-0.2, -0.15) is 5.26 Å². The molecule has 0 bridgehead atoms. The number of nitriles is 1. The first-order valence-corrected chi connectivity index (χ1v) is 8.12. The van der Waals surface area contributed by atoms with Gasteiger partial charge in [0.25, 0.3) is 0 Å². The number of aromatic nitrogens is 1. The van der Waals surface area contributed by atoms with E-state index in [1.165, 1.54) is 0 Å². The van der Waals surface area contributed by atoms with E-state index < -0.39 is 0 Å². The Morgan fingerprint density at radius 1 is 1.36 bits per heavy atom. The third-order valence-corrected chi connectivity index (χ3v) is 4.17. The summed E-state index contributed by atoms with van der Waals surface area (Å²) in [6.07, 6.45) is 1.07. The van der Waals surface area contributed by atoms with E-state index in [-0.39, 0.29) is 0 Å². The molecule has 0 radical (unpaired) electrons. The molecule has 0 spiro atoms. The molecule has 5 nitrogen and oxygen atoms in total. The van der Waals surface area contributed by atoms with Crippen LogP contribution < -0.4 is 5.32 Å². The van der Waals surface area contributed by atoms with Gasteiger partial charge in [-0.05, 0) is 24.5 Å². The molecule has 22 heavy (non-hydrogen) atoms. The average Bonchev–Trinajstić information content (AvgIpc) is 2.56. The van der Waals surface area contributed by atoms with Gasteiger partial charge in [0.1, 0.15) is 11.9 Å². The number of rotatable bonds is 6. The Balaban J connectivity index is 2.05. The van der Waals surface area contributed by atoms with E-state index in [9.17, 15) is 5.26 Å². The van der Waals surface area contributed by atoms with Crippen LogP contribution in [0, 0.1) is 11.3 Å². The molecule has 1 aromatic heterocycles. The average molecular weight is 302 g/mol. The van der Waals surface area contributed by atoms with Gasteiger partial charge >= 0.3 is 0 Å². The third-order valence-electron chi connectivity index (χ3n) is 4.17. The summed E-state index contributed by atoms with van der Waals surface area (Å²) in [4.78, 5) is 7.07. The third kappa shape index (κ3) is 4.19. The number of hydrogen-bond donors (Lipinski definition) is 1. The van der Waals surface area contributed by atoms with E-state index in [1.54, 1.807) is 0 Å². The summed E-state index contributed by atoms with van der Waals surface area (Å²) < 4.78 is 5.42. The zero-order chi connectivity index (χ0) is 15.9. The van der Waals surface area contributed by atoms with Gasteiger partial charge in [-0.1, -0.05) is 20.8 Å². The molecule has 1 N–H and O–H groups in total. The van der Waals surface area contributed by atoms with Crippen LogP contribution in [0.5, 0.6) is 0 Å². The molecule has 1 atom stereocenters. The lowest BCUT2D eigenvalue weighted by atomic mass is 10.1. The fourth-order valence-electron chi connectivity index (χ4n) is 2.71. The highest BCUT2D eigenvalue weighted by molar-refractivity contribution is 5.52. The first-order chi connectivity index (χ1) is 10.7. The fourth-order valence-corrected chi connectivity index (χ4v) is 2.71. The van der Waals surface area contributed by atoms with Crippen LogP contribution in [0.25, 0.3) is 0 Å². The highest BCUT2D eigenvalue weighted by atomic mass is 16.5. The quantitative estimate of drug-likeness (QED) is 0.875. The topological polar surface area (TPSA) is 61.2 Å². The van der Waals surface area contributed by atoms with Crippen molar-refractivity contribution in [1.82, 2.24) is 9.88 Å². The maximum Gasteiger partial charge on any atom is 0.144 e. The van der Waals surface area contributed by atoms with Crippen LogP contribution in [0.3, 0.4) is 0 Å². The molecule has 0 saturated carbocycles. The predicted octanol–water partition coefficient (Wildman–Crippen LogP) is 2.60. The lowest BCUT2D eigenvalue weighted by molar-refractivity contribution is 0.0184. The van der Waals surface area contributed by atoms with Crippen molar-refractivity contribution in [2.24, 2.45) is 0 Å². The molecule has 0 unspecified atom stereocenters. The molecule has 1 aliphatic rings. The standard InChI is InChI=1S/C17H26N4O/c1-4-15(21-7-9-22-10-8-21)12-19-17-14(11-18)5-6-16(20-17)13(2)3/h5-6,13,15H,4,7-10,12H2,1-3H3,(H,19,20)/t15-/m0/s1. The molecule has 0 aromatic carbocycles. The summed E-state index contributed by atoms with van der Waals surface area (Å²) in [5.74, 6) is 1.06. The van der Waals surface area contributed by atoms with Gasteiger partial charge in [-0.3, -0.25) is 4.90 Å². The fraction of sp³-hybridized carbons (Fsp3) is 0.647. The van der Waals surface area contributed by atoms with Crippen LogP contribution in [-0.4, -0.2) is 48.8 Å². The van der Waals surface area contributed by atoms with E-state index in [0.29, 0.717) is 23.3 Å². The van der Waals surface area contributed by atoms with E-state index in [4.69, 9.17) is 4.74 Å². The maximum absolute atomic E-state index is 9.26. The number of nitrogens with zero attached hydrogens (tertiary/aromatic N) is 3. The molecule has 2 rings (SSSR count). The summed E-state index contributed by atoms with van der Waals surface area (Å²) in [7, 11) is 0. The van der Waals surface area contributed by atoms with Gasteiger partial charge < -0.3 is 10.1 Å². The molecule has 5 heteroatoms. The summed E-state index contributed by atoms with van der Waals surface area (Å²) in [5.41, 5.74) is 1.63. The van der Waals surface area contributed by atoms with Crippen LogP contribution in [0.4, 0.5) is 5.82 Å². The van der Waals surface area contributed by atoms with Crippen molar-refractivity contribution in [2.45, 2.75) is 39.2 Å². The first-order valence-electron chi connectivity index (χ1n) is 8.12. The van der Waals surface area contributed by atoms with Crippen molar-refractivity contribution in [2.75, 3.05) is 38.2 Å². The number of anilines is 1. The first kappa shape index (κ1) is 16.7. The van der Waals surface area contributed by atoms with Gasteiger partial charge in [0.2, 0.25) is 0 Å². The van der Waals surface area contributed by atoms with Crippen LogP contribution >= 0.6 is 0 Å². The van der Waals surface area contributed by atoms with Crippen molar-refractivity contribution in [3.8, 4) is 6.07 Å². The predicted molar refractivity (Wildman–Crippen MR) is 88.0 cm³/mol. The Kier molecular flexibility index (Phi) is 6.17. The minimum atomic E-state index is 0.356. The van der Waals surface area contributed by atoms with Gasteiger partial charge in [0.05, 0.1) is 18.8 Å². The monoisotopic (exact) mass is 302 g/mol. The number of morpholine rings is 1. The van der Waals surface area contributed by atoms with E-state index in [0.717, 1.165) is 45.0 Å². The highest BCUT2D eigenvalue weighted by Crippen LogP contribution is 2.19. The molecule has 1 aliphatic heterocycles. The second kappa shape index (κ2) is 8.11. The van der Waals surface area contributed by atoms with Crippen molar-refractivity contribution in [3.05, 3.63) is 23.4 Å². The minimum absolute atomic E-state index is 0.356. The minimum Gasteiger partial charge on any atom is -0.379 e. The second-order valence-electron chi connectivity index (χ2n) is 5.99. The van der Waals surface area contributed by atoms with Crippen molar-refractivity contribution in [1.29, 1.82) is 5.26 Å². The lowest BCUT2D eigenvalue weighted by Crippen LogP contribution is -2.46. The largest absolute Gasteiger partial charge is 0.379 e. The summed E-state index contributed by atoms with van der Waals surface area (Å²) >= 11 is 0. The Morgan fingerprint density at radius 3 is 2.68 bits per heavy atom. The zero-order valence-corrected chi connectivity index (χ0v) is 13.8. The summed E-state index contributed by atoms with van der Waals surface area (Å²) in [6, 6.07) is 6.47. The SMILES string of the molecule is CC[C@@H](CNc1nc(C(C)C)ccc1C#N)N1CCOCC1. The summed E-state index contributed by atoms with van der Waals surface area (Å²) in [6.45, 7) is 10.8. The number of pyridine rings is 1. The lowest BCUT2D eigenvalue weighted by Gasteiger charge is -2.34. The van der Waals surface area contributed by atoms with Crippen LogP contribution in [0.2, 0.25) is 0 Å². The van der Waals surface area contributed by atoms with Gasteiger partial charge in [0.15, 0.2) is 0 Å². The normalized spacial score (nSPS) is 17.2. The molecule has 120 valence electrons. The van der Waals surface area contributed by atoms with Crippen molar-refractivity contribution in [3.63, 3.8) is 0 Å². The molecule has 1 saturated heterocycles. The van der Waals surface area contributed by atoms with Crippen molar-refractivity contribution >= 4 is 5.82 Å². The number of hydrogen-bond acceptors (Lipinski definition) is 5. The Labute approximate surface area is 133 Å². The Bertz CT molecular complexity index is 518. The molecule has 1 aromatic rings. The van der Waals surface area contributed by atoms with Gasteiger partial charge in [-0.25, -0.2) is 4.98 Å². The zero-order valence-electron chi connectivity index (χ0n) is 13.8. The maximum atomic E-state index is 9.26. The van der Waals surface area contributed by atoms with Crippen LogP contribution in [-0.2, 0) is 4.74 Å². The van der Waals surface area contributed by atoms with E-state index in [1.807, 2.05) is 12.1 Å².